The smallest absolute Gasteiger partial charge is 0.167 e. The van der Waals surface area contributed by atoms with Gasteiger partial charge in [0, 0.05) is 6.42 Å². The minimum absolute atomic E-state index is 0. The van der Waals surface area contributed by atoms with Crippen LogP contribution in [0.2, 0.25) is 0 Å². The van der Waals surface area contributed by atoms with Crippen molar-refractivity contribution in [2.24, 2.45) is 5.73 Å². The SMILES string of the molecule is Br.COc1c(F)cccc1C(=O)CCN. The number of carbonyl (C=O) groups excluding carboxylic acids is 1. The molecule has 0 aliphatic rings. The van der Waals surface area contributed by atoms with E-state index in [0.717, 1.165) is 0 Å². The number of carbonyl (C=O) groups is 1. The summed E-state index contributed by atoms with van der Waals surface area (Å²) in [7, 11) is 1.33. The van der Waals surface area contributed by atoms with Crippen LogP contribution in [-0.2, 0) is 0 Å². The van der Waals surface area contributed by atoms with Crippen LogP contribution in [0.25, 0.3) is 0 Å². The molecule has 0 unspecified atom stereocenters. The first-order valence-electron chi connectivity index (χ1n) is 4.26. The molecule has 15 heavy (non-hydrogen) atoms. The van der Waals surface area contributed by atoms with Gasteiger partial charge in [0.2, 0.25) is 0 Å². The van der Waals surface area contributed by atoms with E-state index in [1.165, 1.54) is 25.3 Å². The van der Waals surface area contributed by atoms with Gasteiger partial charge in [0.15, 0.2) is 17.3 Å². The first-order chi connectivity index (χ1) is 6.70. The molecule has 0 heterocycles. The summed E-state index contributed by atoms with van der Waals surface area (Å²) in [6.07, 6.45) is 0.194. The summed E-state index contributed by atoms with van der Waals surface area (Å²) < 4.78 is 17.9. The van der Waals surface area contributed by atoms with Crippen molar-refractivity contribution in [3.8, 4) is 5.75 Å². The summed E-state index contributed by atoms with van der Waals surface area (Å²) in [6.45, 7) is 0.249. The Morgan fingerprint density at radius 1 is 1.53 bits per heavy atom. The van der Waals surface area contributed by atoms with Crippen LogP contribution in [0.1, 0.15) is 16.8 Å². The topological polar surface area (TPSA) is 52.3 Å². The summed E-state index contributed by atoms with van der Waals surface area (Å²) in [6, 6.07) is 4.25. The van der Waals surface area contributed by atoms with E-state index < -0.39 is 5.82 Å². The number of benzene rings is 1. The van der Waals surface area contributed by atoms with Gasteiger partial charge in [-0.05, 0) is 18.7 Å². The van der Waals surface area contributed by atoms with Crippen molar-refractivity contribution in [2.45, 2.75) is 6.42 Å². The van der Waals surface area contributed by atoms with Crippen LogP contribution < -0.4 is 10.5 Å². The van der Waals surface area contributed by atoms with E-state index in [4.69, 9.17) is 10.5 Å². The van der Waals surface area contributed by atoms with Crippen molar-refractivity contribution in [1.29, 1.82) is 0 Å². The molecule has 0 amide bonds. The van der Waals surface area contributed by atoms with E-state index in [9.17, 15) is 9.18 Å². The lowest BCUT2D eigenvalue weighted by atomic mass is 10.1. The summed E-state index contributed by atoms with van der Waals surface area (Å²) in [5.74, 6) is -0.745. The third-order valence-corrected chi connectivity index (χ3v) is 1.84. The van der Waals surface area contributed by atoms with E-state index in [1.54, 1.807) is 0 Å². The van der Waals surface area contributed by atoms with Gasteiger partial charge < -0.3 is 10.5 Å². The first kappa shape index (κ1) is 14.1. The number of ketones is 1. The molecule has 0 spiro atoms. The molecule has 84 valence electrons. The Labute approximate surface area is 98.2 Å². The van der Waals surface area contributed by atoms with Crippen LogP contribution >= 0.6 is 17.0 Å². The number of hydrogen-bond acceptors (Lipinski definition) is 3. The highest BCUT2D eigenvalue weighted by Gasteiger charge is 2.14. The Hall–Kier alpha value is -0.940. The van der Waals surface area contributed by atoms with Crippen molar-refractivity contribution in [3.63, 3.8) is 0 Å². The average molecular weight is 278 g/mol. The maximum atomic E-state index is 13.1. The zero-order chi connectivity index (χ0) is 10.6. The molecule has 5 heteroatoms. The highest BCUT2D eigenvalue weighted by Crippen LogP contribution is 2.23. The molecule has 1 aromatic rings. The average Bonchev–Trinajstić information content (AvgIpc) is 2.17. The van der Waals surface area contributed by atoms with Crippen LogP contribution in [0.4, 0.5) is 4.39 Å². The van der Waals surface area contributed by atoms with Gasteiger partial charge in [0.25, 0.3) is 0 Å². The molecule has 0 radical (unpaired) electrons. The molecule has 2 N–H and O–H groups in total. The summed E-state index contributed by atoms with van der Waals surface area (Å²) >= 11 is 0. The van der Waals surface area contributed by atoms with Crippen molar-refractivity contribution >= 4 is 22.8 Å². The van der Waals surface area contributed by atoms with E-state index >= 15 is 0 Å². The lowest BCUT2D eigenvalue weighted by Crippen LogP contribution is -2.09. The number of hydrogen-bond donors (Lipinski definition) is 1. The number of nitrogens with two attached hydrogens (primary N) is 1. The lowest BCUT2D eigenvalue weighted by molar-refractivity contribution is 0.0981. The molecule has 0 aliphatic heterocycles. The Morgan fingerprint density at radius 3 is 2.73 bits per heavy atom. The van der Waals surface area contributed by atoms with Crippen LogP contribution in [0.15, 0.2) is 18.2 Å². The van der Waals surface area contributed by atoms with E-state index in [1.807, 2.05) is 0 Å². The van der Waals surface area contributed by atoms with Gasteiger partial charge in [-0.2, -0.15) is 0 Å². The molecule has 1 rings (SSSR count). The van der Waals surface area contributed by atoms with Crippen LogP contribution in [-0.4, -0.2) is 19.4 Å². The quantitative estimate of drug-likeness (QED) is 0.856. The molecule has 0 saturated heterocycles. The predicted octanol–water partition coefficient (Wildman–Crippen LogP) is 1.94. The fourth-order valence-electron chi connectivity index (χ4n) is 1.20. The van der Waals surface area contributed by atoms with Crippen molar-refractivity contribution in [2.75, 3.05) is 13.7 Å². The molecule has 1 aromatic carbocycles. The van der Waals surface area contributed by atoms with Gasteiger partial charge in [0.05, 0.1) is 12.7 Å². The number of methoxy groups -OCH3 is 1. The van der Waals surface area contributed by atoms with Crippen LogP contribution in [0, 0.1) is 5.82 Å². The summed E-state index contributed by atoms with van der Waals surface area (Å²) in [5.41, 5.74) is 5.49. The third-order valence-electron chi connectivity index (χ3n) is 1.84. The largest absolute Gasteiger partial charge is 0.493 e. The van der Waals surface area contributed by atoms with E-state index in [0.29, 0.717) is 0 Å². The molecule has 0 fully saturated rings. The Balaban J connectivity index is 0.00000196. The number of rotatable bonds is 4. The molecule has 0 atom stereocenters. The molecule has 0 bridgehead atoms. The molecule has 0 aliphatic carbocycles. The van der Waals surface area contributed by atoms with Gasteiger partial charge in [-0.1, -0.05) is 6.07 Å². The Bertz CT molecular complexity index is 344. The number of halogens is 2. The van der Waals surface area contributed by atoms with Gasteiger partial charge in [-0.3, -0.25) is 4.79 Å². The lowest BCUT2D eigenvalue weighted by Gasteiger charge is -2.07. The second kappa shape index (κ2) is 6.53. The third kappa shape index (κ3) is 3.28. The Morgan fingerprint density at radius 2 is 2.20 bits per heavy atom. The zero-order valence-electron chi connectivity index (χ0n) is 8.33. The monoisotopic (exact) mass is 277 g/mol. The molecular formula is C10H13BrFNO2. The van der Waals surface area contributed by atoms with Gasteiger partial charge in [0.1, 0.15) is 0 Å². The fourth-order valence-corrected chi connectivity index (χ4v) is 1.20. The van der Waals surface area contributed by atoms with E-state index in [2.05, 4.69) is 0 Å². The van der Waals surface area contributed by atoms with Crippen molar-refractivity contribution < 1.29 is 13.9 Å². The van der Waals surface area contributed by atoms with E-state index in [-0.39, 0.29) is 47.0 Å². The Kier molecular flexibility index (Phi) is 6.12. The number of ether oxygens (including phenoxy) is 1. The number of para-hydroxylation sites is 1. The predicted molar refractivity (Wildman–Crippen MR) is 61.3 cm³/mol. The van der Waals surface area contributed by atoms with Crippen molar-refractivity contribution in [3.05, 3.63) is 29.6 Å². The van der Waals surface area contributed by atoms with Gasteiger partial charge in [-0.25, -0.2) is 4.39 Å². The normalized spacial score (nSPS) is 9.27. The minimum atomic E-state index is -0.532. The zero-order valence-corrected chi connectivity index (χ0v) is 10.0. The van der Waals surface area contributed by atoms with Gasteiger partial charge >= 0.3 is 0 Å². The standard InChI is InChI=1S/C10H12FNO2.BrH/c1-14-10-7(9(13)5-6-12)3-2-4-8(10)11;/h2-4H,5-6,12H2,1H3;1H. The number of Topliss-reactive ketones (excluding diaryl/α,β-unsaturated/α-hetero) is 1. The second-order valence-electron chi connectivity index (χ2n) is 2.78. The van der Waals surface area contributed by atoms with Crippen LogP contribution in [0.3, 0.4) is 0 Å². The molecule has 3 nitrogen and oxygen atoms in total. The second-order valence-corrected chi connectivity index (χ2v) is 2.78. The molecule has 0 aromatic heterocycles. The molecular weight excluding hydrogens is 265 g/mol. The van der Waals surface area contributed by atoms with Crippen molar-refractivity contribution in [1.82, 2.24) is 0 Å². The van der Waals surface area contributed by atoms with Crippen LogP contribution in [0.5, 0.6) is 5.75 Å². The maximum absolute atomic E-state index is 13.1. The minimum Gasteiger partial charge on any atom is -0.493 e. The molecule has 0 saturated carbocycles. The maximum Gasteiger partial charge on any atom is 0.167 e. The summed E-state index contributed by atoms with van der Waals surface area (Å²) in [5, 5.41) is 0. The highest BCUT2D eigenvalue weighted by atomic mass is 79.9. The highest BCUT2D eigenvalue weighted by molar-refractivity contribution is 8.93. The fraction of sp³-hybridized carbons (Fsp3) is 0.300. The van der Waals surface area contributed by atoms with Gasteiger partial charge in [-0.15, -0.1) is 17.0 Å². The first-order valence-corrected chi connectivity index (χ1v) is 4.26. The summed E-state index contributed by atoms with van der Waals surface area (Å²) in [4.78, 5) is 11.4.